The number of aromatic nitrogens is 1. The SMILES string of the molecule is COc1ccc(C2CC(=O)C=C[C@@H]2C)c(C[Se]c2ccccc2)n1. The van der Waals surface area contributed by atoms with Crippen LogP contribution >= 0.6 is 0 Å². The Morgan fingerprint density at radius 3 is 2.75 bits per heavy atom. The fourth-order valence-corrected chi connectivity index (χ4v) is 4.84. The van der Waals surface area contributed by atoms with Crippen LogP contribution in [0.2, 0.25) is 0 Å². The van der Waals surface area contributed by atoms with Gasteiger partial charge in [0.15, 0.2) is 0 Å². The summed E-state index contributed by atoms with van der Waals surface area (Å²) in [7, 11) is 1.64. The van der Waals surface area contributed by atoms with Gasteiger partial charge in [0.25, 0.3) is 0 Å². The number of carbonyl (C=O) groups is 1. The number of methoxy groups -OCH3 is 1. The molecule has 1 aromatic carbocycles. The van der Waals surface area contributed by atoms with Crippen LogP contribution in [-0.2, 0) is 10.1 Å². The van der Waals surface area contributed by atoms with E-state index in [-0.39, 0.29) is 11.7 Å². The number of allylic oxidation sites excluding steroid dienone is 2. The molecule has 0 amide bonds. The second-order valence-electron chi connectivity index (χ2n) is 5.99. The molecular weight excluding hydrogens is 365 g/mol. The van der Waals surface area contributed by atoms with E-state index in [1.54, 1.807) is 13.2 Å². The molecular formula is C20H21NO2Se. The van der Waals surface area contributed by atoms with Crippen LogP contribution in [0.1, 0.15) is 30.5 Å². The molecule has 0 radical (unpaired) electrons. The molecule has 4 heteroatoms. The Bertz CT molecular complexity index is 743. The zero-order valence-corrected chi connectivity index (χ0v) is 15.7. The topological polar surface area (TPSA) is 39.2 Å². The van der Waals surface area contributed by atoms with Gasteiger partial charge in [0.2, 0.25) is 0 Å². The summed E-state index contributed by atoms with van der Waals surface area (Å²) in [5, 5.41) is 0.907. The van der Waals surface area contributed by atoms with Crippen LogP contribution in [0.5, 0.6) is 5.88 Å². The van der Waals surface area contributed by atoms with E-state index in [2.05, 4.69) is 37.3 Å². The number of nitrogens with zero attached hydrogens (tertiary/aromatic N) is 1. The van der Waals surface area contributed by atoms with Crippen LogP contribution in [0.25, 0.3) is 0 Å². The van der Waals surface area contributed by atoms with Gasteiger partial charge in [-0.1, -0.05) is 0 Å². The van der Waals surface area contributed by atoms with Gasteiger partial charge >= 0.3 is 149 Å². The number of hydrogen-bond acceptors (Lipinski definition) is 3. The zero-order chi connectivity index (χ0) is 16.9. The Kier molecular flexibility index (Phi) is 5.49. The van der Waals surface area contributed by atoms with Gasteiger partial charge in [-0.3, -0.25) is 0 Å². The Morgan fingerprint density at radius 2 is 2.00 bits per heavy atom. The predicted octanol–water partition coefficient (Wildman–Crippen LogP) is 2.87. The average Bonchev–Trinajstić information content (AvgIpc) is 2.62. The number of ketones is 1. The summed E-state index contributed by atoms with van der Waals surface area (Å²) in [6.45, 7) is 2.17. The summed E-state index contributed by atoms with van der Waals surface area (Å²) < 4.78 is 6.67. The van der Waals surface area contributed by atoms with E-state index in [1.165, 1.54) is 10.0 Å². The molecule has 0 aliphatic heterocycles. The van der Waals surface area contributed by atoms with E-state index in [0.717, 1.165) is 11.0 Å². The first-order valence-electron chi connectivity index (χ1n) is 8.10. The molecule has 1 aromatic heterocycles. The van der Waals surface area contributed by atoms with E-state index in [0.29, 0.717) is 33.2 Å². The van der Waals surface area contributed by atoms with E-state index in [4.69, 9.17) is 9.72 Å². The molecule has 1 aliphatic carbocycles. The Hall–Kier alpha value is -1.90. The molecule has 24 heavy (non-hydrogen) atoms. The van der Waals surface area contributed by atoms with Gasteiger partial charge < -0.3 is 0 Å². The summed E-state index contributed by atoms with van der Waals surface area (Å²) in [5.41, 5.74) is 2.26. The maximum atomic E-state index is 11.9. The van der Waals surface area contributed by atoms with Crippen LogP contribution in [-0.4, -0.2) is 32.8 Å². The zero-order valence-electron chi connectivity index (χ0n) is 13.9. The number of hydrogen-bond donors (Lipinski definition) is 0. The predicted molar refractivity (Wildman–Crippen MR) is 97.0 cm³/mol. The molecule has 1 heterocycles. The molecule has 0 spiro atoms. The molecule has 0 fully saturated rings. The Labute approximate surface area is 149 Å². The van der Waals surface area contributed by atoms with Crippen molar-refractivity contribution in [3.05, 3.63) is 65.9 Å². The van der Waals surface area contributed by atoms with Crippen molar-refractivity contribution in [1.82, 2.24) is 4.98 Å². The van der Waals surface area contributed by atoms with Crippen molar-refractivity contribution in [2.75, 3.05) is 7.11 Å². The number of pyridine rings is 1. The van der Waals surface area contributed by atoms with Crippen molar-refractivity contribution in [2.24, 2.45) is 5.92 Å². The molecule has 2 atom stereocenters. The quantitative estimate of drug-likeness (QED) is 0.742. The number of carbonyl (C=O) groups excluding carboxylic acids is 1. The van der Waals surface area contributed by atoms with Gasteiger partial charge in [0.05, 0.1) is 0 Å². The van der Waals surface area contributed by atoms with Gasteiger partial charge in [0.1, 0.15) is 0 Å². The summed E-state index contributed by atoms with van der Waals surface area (Å²) in [5.74, 6) is 1.40. The second kappa shape index (κ2) is 7.78. The molecule has 1 aliphatic rings. The molecule has 0 saturated heterocycles. The van der Waals surface area contributed by atoms with Crippen molar-refractivity contribution in [1.29, 1.82) is 0 Å². The van der Waals surface area contributed by atoms with Crippen LogP contribution in [0.4, 0.5) is 0 Å². The van der Waals surface area contributed by atoms with Crippen molar-refractivity contribution in [3.63, 3.8) is 0 Å². The van der Waals surface area contributed by atoms with Crippen molar-refractivity contribution in [2.45, 2.75) is 24.6 Å². The Morgan fingerprint density at radius 1 is 1.21 bits per heavy atom. The summed E-state index contributed by atoms with van der Waals surface area (Å²) >= 11 is 0.313. The molecule has 2 aromatic rings. The molecule has 3 nitrogen and oxygen atoms in total. The number of rotatable bonds is 5. The van der Waals surface area contributed by atoms with E-state index < -0.39 is 0 Å². The first kappa shape index (κ1) is 16.9. The molecule has 0 N–H and O–H groups in total. The van der Waals surface area contributed by atoms with Gasteiger partial charge in [-0.15, -0.1) is 0 Å². The number of ether oxygens (including phenoxy) is 1. The third kappa shape index (κ3) is 3.95. The Balaban J connectivity index is 1.88. The third-order valence-electron chi connectivity index (χ3n) is 4.35. The molecule has 0 bridgehead atoms. The molecule has 3 rings (SSSR count). The van der Waals surface area contributed by atoms with Crippen LogP contribution < -0.4 is 9.20 Å². The van der Waals surface area contributed by atoms with E-state index in [1.807, 2.05) is 18.2 Å². The summed E-state index contributed by atoms with van der Waals surface area (Å²) in [6, 6.07) is 14.5. The summed E-state index contributed by atoms with van der Waals surface area (Å²) in [4.78, 5) is 16.6. The standard InChI is InChI=1S/C20H21NO2Se/c1-14-8-9-15(22)12-18(14)17-10-11-20(23-2)21-19(17)13-24-16-6-4-3-5-7-16/h3-11,14,18H,12-13H2,1-2H3/t14-,18?/m0/s1. The van der Waals surface area contributed by atoms with Gasteiger partial charge in [0, 0.05) is 0 Å². The first-order chi connectivity index (χ1) is 11.7. The molecule has 0 saturated carbocycles. The van der Waals surface area contributed by atoms with Gasteiger partial charge in [-0.25, -0.2) is 0 Å². The molecule has 124 valence electrons. The fourth-order valence-electron chi connectivity index (χ4n) is 2.98. The van der Waals surface area contributed by atoms with Crippen molar-refractivity contribution in [3.8, 4) is 5.88 Å². The van der Waals surface area contributed by atoms with Gasteiger partial charge in [-0.2, -0.15) is 0 Å². The van der Waals surface area contributed by atoms with Crippen molar-refractivity contribution < 1.29 is 9.53 Å². The normalized spacial score (nSPS) is 20.2. The summed E-state index contributed by atoms with van der Waals surface area (Å²) in [6.07, 6.45) is 4.30. The van der Waals surface area contributed by atoms with Gasteiger partial charge in [-0.05, 0) is 0 Å². The second-order valence-corrected chi connectivity index (χ2v) is 8.19. The van der Waals surface area contributed by atoms with Crippen LogP contribution in [0.3, 0.4) is 0 Å². The van der Waals surface area contributed by atoms with Crippen LogP contribution in [0, 0.1) is 5.92 Å². The van der Waals surface area contributed by atoms with E-state index in [9.17, 15) is 4.79 Å². The monoisotopic (exact) mass is 387 g/mol. The third-order valence-corrected chi connectivity index (χ3v) is 6.50. The van der Waals surface area contributed by atoms with Crippen LogP contribution in [0.15, 0.2) is 54.6 Å². The minimum atomic E-state index is 0.202. The molecule has 1 unspecified atom stereocenters. The van der Waals surface area contributed by atoms with Crippen molar-refractivity contribution >= 4 is 25.2 Å². The first-order valence-corrected chi connectivity index (χ1v) is 10.2. The fraction of sp³-hybridized carbons (Fsp3) is 0.300. The maximum absolute atomic E-state index is 11.9. The van der Waals surface area contributed by atoms with E-state index >= 15 is 0 Å². The average molecular weight is 386 g/mol. The number of benzene rings is 1. The minimum absolute atomic E-state index is 0.202.